The number of guanidine groups is 1. The van der Waals surface area contributed by atoms with Gasteiger partial charge in [0, 0.05) is 20.1 Å². The van der Waals surface area contributed by atoms with Crippen molar-refractivity contribution in [2.75, 3.05) is 46.2 Å². The van der Waals surface area contributed by atoms with E-state index in [1.54, 1.807) is 19.2 Å². The molecule has 0 saturated carbocycles. The van der Waals surface area contributed by atoms with Gasteiger partial charge in [-0.1, -0.05) is 12.1 Å². The number of rotatable bonds is 9. The third-order valence-electron chi connectivity index (χ3n) is 3.61. The van der Waals surface area contributed by atoms with Gasteiger partial charge in [-0.05, 0) is 56.6 Å². The van der Waals surface area contributed by atoms with Crippen LogP contribution in [0.15, 0.2) is 29.3 Å². The number of halogens is 1. The highest BCUT2D eigenvalue weighted by Crippen LogP contribution is 2.18. The molecule has 0 aromatic heterocycles. The number of hydrogen-bond donors (Lipinski definition) is 2. The van der Waals surface area contributed by atoms with Crippen LogP contribution in [0.5, 0.6) is 0 Å². The summed E-state index contributed by atoms with van der Waals surface area (Å²) in [5.41, 5.74) is 0.956. The van der Waals surface area contributed by atoms with Gasteiger partial charge in [0.1, 0.15) is 5.82 Å². The Morgan fingerprint density at radius 2 is 2.09 bits per heavy atom. The lowest BCUT2D eigenvalue weighted by Crippen LogP contribution is -2.42. The molecule has 1 unspecified atom stereocenters. The number of nitrogens with one attached hydrogen (secondary N) is 2. The van der Waals surface area contributed by atoms with Crippen molar-refractivity contribution >= 4 is 17.7 Å². The number of nitrogens with zero attached hydrogens (tertiary/aromatic N) is 2. The van der Waals surface area contributed by atoms with E-state index >= 15 is 0 Å². The molecule has 0 radical (unpaired) electrons. The molecule has 0 spiro atoms. The first-order chi connectivity index (χ1) is 11.1. The van der Waals surface area contributed by atoms with Crippen molar-refractivity contribution in [3.05, 3.63) is 35.6 Å². The van der Waals surface area contributed by atoms with Gasteiger partial charge in [-0.2, -0.15) is 11.8 Å². The van der Waals surface area contributed by atoms with Gasteiger partial charge in [-0.15, -0.1) is 0 Å². The summed E-state index contributed by atoms with van der Waals surface area (Å²) in [6, 6.07) is 6.85. The zero-order chi connectivity index (χ0) is 17.1. The van der Waals surface area contributed by atoms with Crippen molar-refractivity contribution in [2.24, 2.45) is 4.99 Å². The van der Waals surface area contributed by atoms with Crippen molar-refractivity contribution in [1.82, 2.24) is 15.5 Å². The molecule has 23 heavy (non-hydrogen) atoms. The second-order valence-electron chi connectivity index (χ2n) is 5.61. The maximum absolute atomic E-state index is 13.4. The van der Waals surface area contributed by atoms with Gasteiger partial charge in [0.05, 0.1) is 6.04 Å². The van der Waals surface area contributed by atoms with E-state index < -0.39 is 0 Å². The molecule has 1 atom stereocenters. The van der Waals surface area contributed by atoms with Gasteiger partial charge in [0.25, 0.3) is 0 Å². The molecular weight excluding hydrogens is 311 g/mol. The predicted molar refractivity (Wildman–Crippen MR) is 99.8 cm³/mol. The quantitative estimate of drug-likeness (QED) is 0.412. The Labute approximate surface area is 143 Å². The molecule has 0 aliphatic carbocycles. The summed E-state index contributed by atoms with van der Waals surface area (Å²) >= 11 is 1.87. The molecule has 0 fully saturated rings. The molecule has 0 aliphatic rings. The highest BCUT2D eigenvalue weighted by molar-refractivity contribution is 7.98. The van der Waals surface area contributed by atoms with Crippen LogP contribution in [0.3, 0.4) is 0 Å². The fourth-order valence-corrected chi connectivity index (χ4v) is 2.80. The number of aliphatic imine (C=N–C) groups is 1. The molecule has 1 aromatic carbocycles. The maximum atomic E-state index is 13.4. The molecule has 1 rings (SSSR count). The van der Waals surface area contributed by atoms with Crippen LogP contribution in [0, 0.1) is 5.82 Å². The minimum atomic E-state index is -0.203. The summed E-state index contributed by atoms with van der Waals surface area (Å²) in [4.78, 5) is 6.32. The van der Waals surface area contributed by atoms with Gasteiger partial charge in [0.15, 0.2) is 5.96 Å². The van der Waals surface area contributed by atoms with Crippen molar-refractivity contribution in [2.45, 2.75) is 18.9 Å². The van der Waals surface area contributed by atoms with E-state index in [1.165, 1.54) is 18.2 Å². The van der Waals surface area contributed by atoms with Crippen LogP contribution >= 0.6 is 11.8 Å². The normalized spacial score (nSPS) is 13.2. The molecule has 4 nitrogen and oxygen atoms in total. The van der Waals surface area contributed by atoms with Crippen LogP contribution in [0.2, 0.25) is 0 Å². The third-order valence-corrected chi connectivity index (χ3v) is 4.31. The Morgan fingerprint density at radius 3 is 2.70 bits per heavy atom. The number of benzene rings is 1. The zero-order valence-electron chi connectivity index (χ0n) is 14.6. The van der Waals surface area contributed by atoms with Crippen molar-refractivity contribution in [1.29, 1.82) is 0 Å². The number of likely N-dealkylation sites (N-methyl/N-ethyl adjacent to an activating group) is 1. The molecule has 0 aliphatic heterocycles. The zero-order valence-corrected chi connectivity index (χ0v) is 15.4. The summed E-state index contributed by atoms with van der Waals surface area (Å²) in [7, 11) is 5.76. The molecule has 6 heteroatoms. The van der Waals surface area contributed by atoms with Gasteiger partial charge in [-0.3, -0.25) is 4.99 Å². The van der Waals surface area contributed by atoms with Gasteiger partial charge in [-0.25, -0.2) is 4.39 Å². The lowest BCUT2D eigenvalue weighted by Gasteiger charge is -2.26. The first kappa shape index (κ1) is 19.8. The lowest BCUT2D eigenvalue weighted by molar-refractivity contribution is 0.297. The van der Waals surface area contributed by atoms with E-state index in [1.807, 2.05) is 31.9 Å². The largest absolute Gasteiger partial charge is 0.356 e. The fraction of sp³-hybridized carbons (Fsp3) is 0.588. The first-order valence-corrected chi connectivity index (χ1v) is 9.33. The Morgan fingerprint density at radius 1 is 1.30 bits per heavy atom. The molecule has 0 saturated heterocycles. The van der Waals surface area contributed by atoms with Crippen molar-refractivity contribution in [3.63, 3.8) is 0 Å². The smallest absolute Gasteiger partial charge is 0.191 e. The average Bonchev–Trinajstić information content (AvgIpc) is 2.52. The molecule has 0 bridgehead atoms. The standard InChI is InChI=1S/C17H29FN4S/c1-19-17(20-10-5-6-11-23-4)21-13-16(22(2)3)14-8-7-9-15(18)12-14/h7-9,12,16H,5-6,10-11,13H2,1-4H3,(H2,19,20,21). The second kappa shape index (κ2) is 11.3. The highest BCUT2D eigenvalue weighted by atomic mass is 32.2. The van der Waals surface area contributed by atoms with Gasteiger partial charge >= 0.3 is 0 Å². The number of unbranched alkanes of at least 4 members (excludes halogenated alkanes) is 1. The van der Waals surface area contributed by atoms with E-state index in [0.29, 0.717) is 6.54 Å². The third kappa shape index (κ3) is 7.70. The first-order valence-electron chi connectivity index (χ1n) is 7.93. The topological polar surface area (TPSA) is 39.7 Å². The number of hydrogen-bond acceptors (Lipinski definition) is 3. The van der Waals surface area contributed by atoms with E-state index in [2.05, 4.69) is 26.8 Å². The summed E-state index contributed by atoms with van der Waals surface area (Å²) in [6.45, 7) is 1.58. The van der Waals surface area contributed by atoms with Crippen LogP contribution in [0.25, 0.3) is 0 Å². The van der Waals surface area contributed by atoms with Crippen LogP contribution in [-0.2, 0) is 0 Å². The SMILES string of the molecule is CN=C(NCCCCSC)NCC(c1cccc(F)c1)N(C)C. The Hall–Kier alpha value is -1.27. The van der Waals surface area contributed by atoms with E-state index in [4.69, 9.17) is 0 Å². The van der Waals surface area contributed by atoms with Crippen molar-refractivity contribution < 1.29 is 4.39 Å². The summed E-state index contributed by atoms with van der Waals surface area (Å²) in [5.74, 6) is 1.78. The lowest BCUT2D eigenvalue weighted by atomic mass is 10.1. The van der Waals surface area contributed by atoms with Crippen LogP contribution in [-0.4, -0.2) is 57.1 Å². The minimum Gasteiger partial charge on any atom is -0.356 e. The van der Waals surface area contributed by atoms with Crippen molar-refractivity contribution in [3.8, 4) is 0 Å². The fourth-order valence-electron chi connectivity index (χ4n) is 2.30. The van der Waals surface area contributed by atoms with Gasteiger partial charge < -0.3 is 15.5 Å². The van der Waals surface area contributed by atoms with E-state index in [-0.39, 0.29) is 11.9 Å². The predicted octanol–water partition coefficient (Wildman–Crippen LogP) is 2.74. The highest BCUT2D eigenvalue weighted by Gasteiger charge is 2.15. The van der Waals surface area contributed by atoms with E-state index in [0.717, 1.165) is 24.5 Å². The molecule has 2 N–H and O–H groups in total. The molecular formula is C17H29FN4S. The summed E-state index contributed by atoms with van der Waals surface area (Å²) < 4.78 is 13.4. The molecule has 1 aromatic rings. The van der Waals surface area contributed by atoms with Crippen LogP contribution in [0.4, 0.5) is 4.39 Å². The maximum Gasteiger partial charge on any atom is 0.191 e. The Bertz CT molecular complexity index is 479. The van der Waals surface area contributed by atoms with E-state index in [9.17, 15) is 4.39 Å². The molecule has 0 heterocycles. The molecule has 130 valence electrons. The second-order valence-corrected chi connectivity index (χ2v) is 6.60. The van der Waals surface area contributed by atoms with Crippen LogP contribution in [0.1, 0.15) is 24.4 Å². The monoisotopic (exact) mass is 340 g/mol. The summed E-state index contributed by atoms with van der Waals surface area (Å²) in [5, 5.41) is 6.65. The summed E-state index contributed by atoms with van der Waals surface area (Å²) in [6.07, 6.45) is 4.46. The average molecular weight is 341 g/mol. The minimum absolute atomic E-state index is 0.0840. The number of thioether (sulfide) groups is 1. The molecule has 0 amide bonds. The Kier molecular flexibility index (Phi) is 9.71. The van der Waals surface area contributed by atoms with Crippen LogP contribution < -0.4 is 10.6 Å². The van der Waals surface area contributed by atoms with Gasteiger partial charge in [0.2, 0.25) is 0 Å². The Balaban J connectivity index is 2.50.